The lowest BCUT2D eigenvalue weighted by Crippen LogP contribution is -1.74. The highest BCUT2D eigenvalue weighted by Gasteiger charge is 2.04. The lowest BCUT2D eigenvalue weighted by atomic mass is 10.2. The average Bonchev–Trinajstić information content (AvgIpc) is 2.49. The van der Waals surface area contributed by atoms with Gasteiger partial charge in [0.15, 0.2) is 0 Å². The van der Waals surface area contributed by atoms with E-state index in [-0.39, 0.29) is 0 Å². The van der Waals surface area contributed by atoms with Crippen molar-refractivity contribution in [1.29, 1.82) is 0 Å². The molecule has 0 amide bonds. The van der Waals surface area contributed by atoms with Gasteiger partial charge in [-0.25, -0.2) is 0 Å². The lowest BCUT2D eigenvalue weighted by molar-refractivity contribution is 1.41. The summed E-state index contributed by atoms with van der Waals surface area (Å²) in [4.78, 5) is 3.20. The predicted molar refractivity (Wildman–Crippen MR) is 58.7 cm³/mol. The van der Waals surface area contributed by atoms with Crippen molar-refractivity contribution in [3.05, 3.63) is 34.4 Å². The molecule has 0 aliphatic carbocycles. The summed E-state index contributed by atoms with van der Waals surface area (Å²) in [7, 11) is 0. The van der Waals surface area contributed by atoms with E-state index in [9.17, 15) is 0 Å². The van der Waals surface area contributed by atoms with Crippen LogP contribution in [0.15, 0.2) is 28.9 Å². The largest absolute Gasteiger partial charge is 0.361 e. The fourth-order valence-corrected chi connectivity index (χ4v) is 2.20. The van der Waals surface area contributed by atoms with Crippen LogP contribution in [0, 0.1) is 0 Å². The Labute approximate surface area is 84.7 Å². The molecule has 1 aromatic carbocycles. The zero-order valence-corrected chi connectivity index (χ0v) is 8.82. The number of rotatable bonds is 1. The minimum atomic E-state index is 0.766. The quantitative estimate of drug-likeness (QED) is 0.713. The maximum Gasteiger partial charge on any atom is 0.0468 e. The van der Waals surface area contributed by atoms with Crippen molar-refractivity contribution in [2.45, 2.75) is 5.75 Å². The average molecular weight is 242 g/mol. The molecule has 0 fully saturated rings. The molecule has 0 aliphatic rings. The molecule has 0 atom stereocenters. The minimum absolute atomic E-state index is 0.766. The summed E-state index contributed by atoms with van der Waals surface area (Å²) in [5, 5.41) is 1.24. The van der Waals surface area contributed by atoms with E-state index in [1.165, 1.54) is 10.9 Å². The van der Waals surface area contributed by atoms with Crippen LogP contribution in [0.5, 0.6) is 0 Å². The van der Waals surface area contributed by atoms with Crippen molar-refractivity contribution in [3.8, 4) is 0 Å². The number of hydrogen-bond donors (Lipinski definition) is 2. The monoisotopic (exact) mass is 241 g/mol. The summed E-state index contributed by atoms with van der Waals surface area (Å²) in [6, 6.07) is 6.13. The fraction of sp³-hybridized carbons (Fsp3) is 0.111. The third-order valence-electron chi connectivity index (χ3n) is 1.91. The maximum absolute atomic E-state index is 4.26. The van der Waals surface area contributed by atoms with Crippen LogP contribution in [-0.4, -0.2) is 4.98 Å². The van der Waals surface area contributed by atoms with Crippen molar-refractivity contribution in [2.24, 2.45) is 0 Å². The number of H-pyrrole nitrogens is 1. The molecule has 2 aromatic rings. The molecule has 1 heterocycles. The van der Waals surface area contributed by atoms with Gasteiger partial charge in [-0.1, -0.05) is 22.0 Å². The molecule has 1 nitrogen and oxygen atoms in total. The minimum Gasteiger partial charge on any atom is -0.361 e. The summed E-state index contributed by atoms with van der Waals surface area (Å²) in [6.07, 6.45) is 2.00. The fourth-order valence-electron chi connectivity index (χ4n) is 1.33. The summed E-state index contributed by atoms with van der Waals surface area (Å²) < 4.78 is 1.13. The Kier molecular flexibility index (Phi) is 2.15. The number of hydrogen-bond acceptors (Lipinski definition) is 1. The van der Waals surface area contributed by atoms with E-state index in [4.69, 9.17) is 0 Å². The third kappa shape index (κ3) is 1.17. The van der Waals surface area contributed by atoms with Crippen LogP contribution in [-0.2, 0) is 5.75 Å². The van der Waals surface area contributed by atoms with Crippen LogP contribution < -0.4 is 0 Å². The number of nitrogens with one attached hydrogen (secondary N) is 1. The number of halogens is 1. The van der Waals surface area contributed by atoms with E-state index in [1.807, 2.05) is 18.3 Å². The first-order chi connectivity index (χ1) is 5.83. The molecule has 1 N–H and O–H groups in total. The number of aromatic amines is 1. The first kappa shape index (κ1) is 8.20. The van der Waals surface area contributed by atoms with Crippen LogP contribution in [0.25, 0.3) is 10.9 Å². The molecule has 3 heteroatoms. The second kappa shape index (κ2) is 3.15. The van der Waals surface area contributed by atoms with Crippen LogP contribution in [0.2, 0.25) is 0 Å². The van der Waals surface area contributed by atoms with E-state index in [0.29, 0.717) is 0 Å². The number of aromatic nitrogens is 1. The number of benzene rings is 1. The van der Waals surface area contributed by atoms with Gasteiger partial charge in [0.2, 0.25) is 0 Å². The smallest absolute Gasteiger partial charge is 0.0468 e. The molecule has 0 saturated carbocycles. The van der Waals surface area contributed by atoms with Gasteiger partial charge < -0.3 is 4.98 Å². The molecule has 0 saturated heterocycles. The maximum atomic E-state index is 4.26. The lowest BCUT2D eigenvalue weighted by Gasteiger charge is -1.95. The van der Waals surface area contributed by atoms with Gasteiger partial charge in [-0.15, -0.1) is 0 Å². The Morgan fingerprint density at radius 1 is 1.42 bits per heavy atom. The van der Waals surface area contributed by atoms with Crippen molar-refractivity contribution < 1.29 is 0 Å². The van der Waals surface area contributed by atoms with Crippen molar-refractivity contribution >= 4 is 39.5 Å². The number of fused-ring (bicyclic) bond motifs is 1. The van der Waals surface area contributed by atoms with Gasteiger partial charge >= 0.3 is 0 Å². The Morgan fingerprint density at radius 2 is 2.25 bits per heavy atom. The molecule has 0 unspecified atom stereocenters. The normalized spacial score (nSPS) is 10.8. The highest BCUT2D eigenvalue weighted by atomic mass is 79.9. The van der Waals surface area contributed by atoms with E-state index >= 15 is 0 Å². The standard InChI is InChI=1S/C9H8BrNS/c10-7-2-1-3-8-9(7)6(5-12)4-11-8/h1-4,11-12H,5H2. The second-order valence-corrected chi connectivity index (χ2v) is 3.80. The molecule has 62 valence electrons. The Balaban J connectivity index is 2.83. The number of thiol groups is 1. The topological polar surface area (TPSA) is 15.8 Å². The van der Waals surface area contributed by atoms with Crippen LogP contribution >= 0.6 is 28.6 Å². The van der Waals surface area contributed by atoms with E-state index < -0.39 is 0 Å². The molecule has 0 spiro atoms. The molecule has 2 rings (SSSR count). The molecule has 0 aliphatic heterocycles. The molecule has 12 heavy (non-hydrogen) atoms. The molecule has 1 aromatic heterocycles. The Morgan fingerprint density at radius 3 is 3.00 bits per heavy atom. The molecular formula is C9H8BrNS. The third-order valence-corrected chi connectivity index (χ3v) is 2.91. The van der Waals surface area contributed by atoms with Gasteiger partial charge in [-0.05, 0) is 17.7 Å². The van der Waals surface area contributed by atoms with Gasteiger partial charge in [-0.2, -0.15) is 12.6 Å². The van der Waals surface area contributed by atoms with Gasteiger partial charge in [0, 0.05) is 27.3 Å². The van der Waals surface area contributed by atoms with E-state index in [0.717, 1.165) is 15.7 Å². The van der Waals surface area contributed by atoms with E-state index in [1.54, 1.807) is 0 Å². The predicted octanol–water partition coefficient (Wildman–Crippen LogP) is 3.36. The van der Waals surface area contributed by atoms with Crippen LogP contribution in [0.3, 0.4) is 0 Å². The SMILES string of the molecule is SCc1c[nH]c2cccc(Br)c12. The van der Waals surface area contributed by atoms with Crippen molar-refractivity contribution in [2.75, 3.05) is 0 Å². The summed E-state index contributed by atoms with van der Waals surface area (Å²) in [5.74, 6) is 0.766. The van der Waals surface area contributed by atoms with Gasteiger partial charge in [0.25, 0.3) is 0 Å². The van der Waals surface area contributed by atoms with Crippen molar-refractivity contribution in [3.63, 3.8) is 0 Å². The highest BCUT2D eigenvalue weighted by molar-refractivity contribution is 9.10. The molecule has 0 bridgehead atoms. The first-order valence-electron chi connectivity index (χ1n) is 3.68. The van der Waals surface area contributed by atoms with E-state index in [2.05, 4.69) is 39.6 Å². The second-order valence-electron chi connectivity index (χ2n) is 2.63. The van der Waals surface area contributed by atoms with Crippen LogP contribution in [0.4, 0.5) is 0 Å². The Bertz CT molecular complexity index is 408. The summed E-state index contributed by atoms with van der Waals surface area (Å²) >= 11 is 7.77. The Hall–Kier alpha value is -0.410. The molecule has 0 radical (unpaired) electrons. The van der Waals surface area contributed by atoms with Gasteiger partial charge in [-0.3, -0.25) is 0 Å². The zero-order chi connectivity index (χ0) is 8.55. The van der Waals surface area contributed by atoms with Crippen LogP contribution in [0.1, 0.15) is 5.56 Å². The summed E-state index contributed by atoms with van der Waals surface area (Å²) in [6.45, 7) is 0. The first-order valence-corrected chi connectivity index (χ1v) is 5.11. The summed E-state index contributed by atoms with van der Waals surface area (Å²) in [5.41, 5.74) is 2.40. The van der Waals surface area contributed by atoms with Gasteiger partial charge in [0.1, 0.15) is 0 Å². The molecular weight excluding hydrogens is 234 g/mol. The zero-order valence-electron chi connectivity index (χ0n) is 6.34. The van der Waals surface area contributed by atoms with Crippen molar-refractivity contribution in [1.82, 2.24) is 4.98 Å². The van der Waals surface area contributed by atoms with Gasteiger partial charge in [0.05, 0.1) is 0 Å². The highest BCUT2D eigenvalue weighted by Crippen LogP contribution is 2.27.